The molecule has 3 rings (SSSR count). The Morgan fingerprint density at radius 1 is 1.23 bits per heavy atom. The largest absolute Gasteiger partial charge is 0.460 e. The van der Waals surface area contributed by atoms with Crippen LogP contribution in [0.15, 0.2) is 47.4 Å². The highest BCUT2D eigenvalue weighted by atomic mass is 16.7. The minimum atomic E-state index is -0.705. The highest BCUT2D eigenvalue weighted by Crippen LogP contribution is 2.20. The zero-order chi connectivity index (χ0) is 22.1. The third-order valence-electron chi connectivity index (χ3n) is 5.35. The monoisotopic (exact) mass is 429 g/mol. The van der Waals surface area contributed by atoms with Crippen LogP contribution in [-0.2, 0) is 25.4 Å². The Bertz CT molecular complexity index is 886. The van der Waals surface area contributed by atoms with Crippen LogP contribution in [0.5, 0.6) is 0 Å². The Morgan fingerprint density at radius 2 is 2.00 bits per heavy atom. The molecule has 0 spiro atoms. The number of aryl methyl sites for hydroxylation is 1. The zero-order valence-corrected chi connectivity index (χ0v) is 17.9. The first-order valence-electron chi connectivity index (χ1n) is 10.8. The standard InChI is InChI=1S/C23H31N3O5/c1-17(9-5-2-3-6-10-18-11-7-4-8-12-18)22(27)30-16-21-29-15-20(31-21)26-14-13-19(24)25-23(26)28/h4,7-8,11-14,17,20-21H,2-3,5-6,9-10,15-16H2,1H3,(H2,24,25,28). The van der Waals surface area contributed by atoms with Gasteiger partial charge in [0, 0.05) is 6.20 Å². The maximum Gasteiger partial charge on any atom is 0.351 e. The second-order valence-electron chi connectivity index (χ2n) is 7.87. The number of carbonyl (C=O) groups is 1. The SMILES string of the molecule is CC(CCCCCCc1ccccc1)C(=O)OCC1OCC(n2ccc(N)nc2=O)O1. The minimum Gasteiger partial charge on any atom is -0.460 e. The van der Waals surface area contributed by atoms with Crippen LogP contribution in [0, 0.1) is 5.92 Å². The van der Waals surface area contributed by atoms with Crippen LogP contribution in [0.3, 0.4) is 0 Å². The van der Waals surface area contributed by atoms with Gasteiger partial charge in [0.1, 0.15) is 12.4 Å². The van der Waals surface area contributed by atoms with Crippen molar-refractivity contribution in [3.63, 3.8) is 0 Å². The lowest BCUT2D eigenvalue weighted by molar-refractivity contribution is -0.163. The highest BCUT2D eigenvalue weighted by Gasteiger charge is 2.29. The molecule has 0 bridgehead atoms. The second kappa shape index (κ2) is 11.6. The van der Waals surface area contributed by atoms with Crippen molar-refractivity contribution in [3.05, 3.63) is 58.6 Å². The summed E-state index contributed by atoms with van der Waals surface area (Å²) in [6.45, 7) is 2.05. The quantitative estimate of drug-likeness (QED) is 0.432. The smallest absolute Gasteiger partial charge is 0.351 e. The maximum atomic E-state index is 12.2. The number of esters is 1. The van der Waals surface area contributed by atoms with Gasteiger partial charge in [0.05, 0.1) is 12.5 Å². The van der Waals surface area contributed by atoms with Crippen molar-refractivity contribution >= 4 is 11.8 Å². The van der Waals surface area contributed by atoms with E-state index >= 15 is 0 Å². The lowest BCUT2D eigenvalue weighted by Crippen LogP contribution is -2.29. The third-order valence-corrected chi connectivity index (χ3v) is 5.35. The number of nitrogens with zero attached hydrogens (tertiary/aromatic N) is 2. The highest BCUT2D eigenvalue weighted by molar-refractivity contribution is 5.71. The fraction of sp³-hybridized carbons (Fsp3) is 0.522. The number of nitrogens with two attached hydrogens (primary N) is 1. The van der Waals surface area contributed by atoms with Crippen LogP contribution in [0.1, 0.15) is 50.8 Å². The molecule has 1 aliphatic heterocycles. The first-order chi connectivity index (χ1) is 15.0. The van der Waals surface area contributed by atoms with Crippen molar-refractivity contribution in [2.75, 3.05) is 18.9 Å². The van der Waals surface area contributed by atoms with E-state index in [4.69, 9.17) is 19.9 Å². The summed E-state index contributed by atoms with van der Waals surface area (Å²) in [6.07, 6.45) is 6.50. The molecule has 8 heteroatoms. The molecule has 3 unspecified atom stereocenters. The second-order valence-corrected chi connectivity index (χ2v) is 7.87. The van der Waals surface area contributed by atoms with E-state index in [9.17, 15) is 9.59 Å². The van der Waals surface area contributed by atoms with Crippen LogP contribution in [0.25, 0.3) is 0 Å². The zero-order valence-electron chi connectivity index (χ0n) is 17.9. The van der Waals surface area contributed by atoms with Gasteiger partial charge in [-0.1, -0.05) is 56.5 Å². The molecule has 8 nitrogen and oxygen atoms in total. The molecule has 0 amide bonds. The van der Waals surface area contributed by atoms with Crippen molar-refractivity contribution < 1.29 is 19.0 Å². The van der Waals surface area contributed by atoms with Gasteiger partial charge in [0.15, 0.2) is 12.5 Å². The summed E-state index contributed by atoms with van der Waals surface area (Å²) in [4.78, 5) is 27.8. The van der Waals surface area contributed by atoms with Gasteiger partial charge in [-0.05, 0) is 30.9 Å². The van der Waals surface area contributed by atoms with E-state index in [1.54, 1.807) is 0 Å². The Balaban J connectivity index is 1.28. The average molecular weight is 430 g/mol. The fourth-order valence-electron chi connectivity index (χ4n) is 3.51. The van der Waals surface area contributed by atoms with Gasteiger partial charge >= 0.3 is 11.7 Å². The molecule has 168 valence electrons. The van der Waals surface area contributed by atoms with Crippen molar-refractivity contribution in [3.8, 4) is 0 Å². The fourth-order valence-corrected chi connectivity index (χ4v) is 3.51. The van der Waals surface area contributed by atoms with E-state index in [1.807, 2.05) is 13.0 Å². The summed E-state index contributed by atoms with van der Waals surface area (Å²) in [5.74, 6) is -0.280. The van der Waals surface area contributed by atoms with Crippen molar-refractivity contribution in [1.29, 1.82) is 0 Å². The van der Waals surface area contributed by atoms with Gasteiger partial charge in [-0.2, -0.15) is 4.98 Å². The Hall–Kier alpha value is -2.71. The van der Waals surface area contributed by atoms with Gasteiger partial charge in [-0.3, -0.25) is 9.36 Å². The molecule has 1 aliphatic rings. The van der Waals surface area contributed by atoms with E-state index in [1.165, 1.54) is 22.4 Å². The van der Waals surface area contributed by atoms with E-state index < -0.39 is 18.2 Å². The third kappa shape index (κ3) is 7.18. The number of hydrogen-bond donors (Lipinski definition) is 1. The van der Waals surface area contributed by atoms with Gasteiger partial charge in [0.25, 0.3) is 0 Å². The lowest BCUT2D eigenvalue weighted by Gasteiger charge is -2.15. The number of benzene rings is 1. The van der Waals surface area contributed by atoms with Crippen molar-refractivity contribution in [2.45, 2.75) is 58.0 Å². The Labute approximate surface area is 182 Å². The number of carbonyl (C=O) groups excluding carboxylic acids is 1. The van der Waals surface area contributed by atoms with Gasteiger partial charge in [0.2, 0.25) is 0 Å². The van der Waals surface area contributed by atoms with Crippen LogP contribution in [-0.4, -0.2) is 35.0 Å². The molecular formula is C23H31N3O5. The number of nitrogen functional groups attached to an aromatic ring is 1. The number of hydrogen-bond acceptors (Lipinski definition) is 7. The molecule has 1 aromatic heterocycles. The van der Waals surface area contributed by atoms with Gasteiger partial charge in [-0.25, -0.2) is 4.79 Å². The molecule has 2 aromatic rings. The molecule has 2 N–H and O–H groups in total. The Kier molecular flexibility index (Phi) is 8.61. The maximum absolute atomic E-state index is 12.2. The number of rotatable bonds is 11. The van der Waals surface area contributed by atoms with E-state index in [0.717, 1.165) is 38.5 Å². The van der Waals surface area contributed by atoms with Crippen LogP contribution < -0.4 is 11.4 Å². The summed E-state index contributed by atoms with van der Waals surface area (Å²) >= 11 is 0. The predicted molar refractivity (Wildman–Crippen MR) is 116 cm³/mol. The van der Waals surface area contributed by atoms with Crippen LogP contribution in [0.2, 0.25) is 0 Å². The van der Waals surface area contributed by atoms with E-state index in [-0.39, 0.29) is 30.9 Å². The van der Waals surface area contributed by atoms with Gasteiger partial charge in [-0.15, -0.1) is 0 Å². The molecular weight excluding hydrogens is 398 g/mol. The summed E-state index contributed by atoms with van der Waals surface area (Å²) < 4.78 is 17.8. The summed E-state index contributed by atoms with van der Waals surface area (Å²) in [7, 11) is 0. The summed E-state index contributed by atoms with van der Waals surface area (Å²) in [5.41, 5.74) is 6.35. The lowest BCUT2D eigenvalue weighted by atomic mass is 10.0. The van der Waals surface area contributed by atoms with Gasteiger partial charge < -0.3 is 19.9 Å². The molecule has 2 heterocycles. The first-order valence-corrected chi connectivity index (χ1v) is 10.8. The summed E-state index contributed by atoms with van der Waals surface area (Å²) in [6, 6.07) is 12.0. The predicted octanol–water partition coefficient (Wildman–Crippen LogP) is 3.07. The molecule has 0 saturated carbocycles. The number of aromatic nitrogens is 2. The van der Waals surface area contributed by atoms with Crippen molar-refractivity contribution in [2.24, 2.45) is 5.92 Å². The first kappa shape index (κ1) is 23.0. The average Bonchev–Trinajstić information content (AvgIpc) is 3.23. The normalized spacial score (nSPS) is 19.3. The van der Waals surface area contributed by atoms with Crippen molar-refractivity contribution in [1.82, 2.24) is 9.55 Å². The molecule has 1 fully saturated rings. The molecule has 0 aliphatic carbocycles. The number of ether oxygens (including phenoxy) is 3. The molecule has 3 atom stereocenters. The molecule has 1 saturated heterocycles. The number of unbranched alkanes of at least 4 members (excludes halogenated alkanes) is 3. The van der Waals surface area contributed by atoms with Crippen LogP contribution in [0.4, 0.5) is 5.82 Å². The van der Waals surface area contributed by atoms with E-state index in [2.05, 4.69) is 29.2 Å². The summed E-state index contributed by atoms with van der Waals surface area (Å²) in [5, 5.41) is 0. The Morgan fingerprint density at radius 3 is 2.77 bits per heavy atom. The topological polar surface area (TPSA) is 106 Å². The molecule has 1 aromatic carbocycles. The molecule has 0 radical (unpaired) electrons. The van der Waals surface area contributed by atoms with E-state index in [0.29, 0.717) is 0 Å². The minimum absolute atomic E-state index is 0.00605. The molecule has 31 heavy (non-hydrogen) atoms. The number of anilines is 1. The van der Waals surface area contributed by atoms with Crippen LogP contribution >= 0.6 is 0 Å².